The van der Waals surface area contributed by atoms with Crippen LogP contribution in [0.25, 0.3) is 10.9 Å². The fourth-order valence-electron chi connectivity index (χ4n) is 1.33. The Morgan fingerprint density at radius 3 is 3.00 bits per heavy atom. The van der Waals surface area contributed by atoms with E-state index in [9.17, 15) is 10.1 Å². The number of nitro benzene ring substituents is 1. The number of hydrogen-bond acceptors (Lipinski definition) is 3. The van der Waals surface area contributed by atoms with Crippen LogP contribution in [-0.2, 0) is 0 Å². The number of nitrogens with one attached hydrogen (secondary N) is 1. The minimum absolute atomic E-state index is 0.103. The second-order valence-corrected chi connectivity index (χ2v) is 3.72. The Morgan fingerprint density at radius 1 is 1.64 bits per heavy atom. The molecule has 0 unspecified atom stereocenters. The smallest absolute Gasteiger partial charge is 0.274 e. The number of aromatic nitrogens is 2. The SMILES string of the molecule is Cc1c([N+](=O)[O-])cc2cn[nH]c2c1Br. The fraction of sp³-hybridized carbons (Fsp3) is 0.125. The molecule has 1 heterocycles. The van der Waals surface area contributed by atoms with Crippen molar-refractivity contribution in [2.75, 3.05) is 0 Å². The number of hydrogen-bond donors (Lipinski definition) is 1. The third-order valence-electron chi connectivity index (χ3n) is 2.09. The molecule has 1 aromatic heterocycles. The number of rotatable bonds is 1. The molecule has 6 heteroatoms. The van der Waals surface area contributed by atoms with Gasteiger partial charge in [0.05, 0.1) is 21.1 Å². The van der Waals surface area contributed by atoms with Gasteiger partial charge in [-0.1, -0.05) is 0 Å². The highest BCUT2D eigenvalue weighted by molar-refractivity contribution is 9.10. The molecule has 0 aliphatic rings. The highest BCUT2D eigenvalue weighted by Gasteiger charge is 2.16. The van der Waals surface area contributed by atoms with Gasteiger partial charge >= 0.3 is 0 Å². The molecule has 0 fully saturated rings. The largest absolute Gasteiger partial charge is 0.277 e. The zero-order chi connectivity index (χ0) is 10.3. The van der Waals surface area contributed by atoms with Crippen molar-refractivity contribution >= 4 is 32.5 Å². The van der Waals surface area contributed by atoms with Crippen molar-refractivity contribution in [3.63, 3.8) is 0 Å². The van der Waals surface area contributed by atoms with E-state index in [2.05, 4.69) is 26.1 Å². The fourth-order valence-corrected chi connectivity index (χ4v) is 1.85. The average molecular weight is 256 g/mol. The van der Waals surface area contributed by atoms with Crippen molar-refractivity contribution in [1.82, 2.24) is 10.2 Å². The first-order valence-corrected chi connectivity index (χ1v) is 4.67. The van der Waals surface area contributed by atoms with Gasteiger partial charge in [-0.3, -0.25) is 15.2 Å². The average Bonchev–Trinajstić information content (AvgIpc) is 2.58. The van der Waals surface area contributed by atoms with E-state index in [1.807, 2.05) is 0 Å². The van der Waals surface area contributed by atoms with E-state index in [4.69, 9.17) is 0 Å². The first-order valence-electron chi connectivity index (χ1n) is 3.88. The van der Waals surface area contributed by atoms with E-state index in [1.54, 1.807) is 13.1 Å². The van der Waals surface area contributed by atoms with Crippen molar-refractivity contribution in [3.05, 3.63) is 32.4 Å². The van der Waals surface area contributed by atoms with Gasteiger partial charge in [-0.05, 0) is 22.9 Å². The molecule has 14 heavy (non-hydrogen) atoms. The monoisotopic (exact) mass is 255 g/mol. The summed E-state index contributed by atoms with van der Waals surface area (Å²) in [6.45, 7) is 1.70. The third kappa shape index (κ3) is 1.19. The van der Waals surface area contributed by atoms with Gasteiger partial charge < -0.3 is 0 Å². The molecule has 0 atom stereocenters. The maximum atomic E-state index is 10.7. The molecule has 1 aromatic carbocycles. The van der Waals surface area contributed by atoms with Crippen LogP contribution in [0, 0.1) is 17.0 Å². The minimum Gasteiger partial charge on any atom is -0.277 e. The van der Waals surface area contributed by atoms with Crippen LogP contribution in [0.1, 0.15) is 5.56 Å². The number of halogens is 1. The quantitative estimate of drug-likeness (QED) is 0.629. The number of aromatic amines is 1. The summed E-state index contributed by atoms with van der Waals surface area (Å²) in [7, 11) is 0. The van der Waals surface area contributed by atoms with E-state index in [-0.39, 0.29) is 5.69 Å². The molecule has 0 radical (unpaired) electrons. The van der Waals surface area contributed by atoms with Gasteiger partial charge in [-0.15, -0.1) is 0 Å². The normalized spacial score (nSPS) is 10.7. The molecule has 0 aliphatic carbocycles. The van der Waals surface area contributed by atoms with Crippen molar-refractivity contribution in [2.24, 2.45) is 0 Å². The Labute approximate surface area is 87.4 Å². The lowest BCUT2D eigenvalue weighted by Gasteiger charge is -2.00. The van der Waals surface area contributed by atoms with Gasteiger partial charge in [0.1, 0.15) is 0 Å². The van der Waals surface area contributed by atoms with E-state index in [0.717, 1.165) is 10.9 Å². The van der Waals surface area contributed by atoms with Crippen LogP contribution in [0.4, 0.5) is 5.69 Å². The number of nitro groups is 1. The first kappa shape index (κ1) is 9.14. The Hall–Kier alpha value is -1.43. The Bertz CT molecular complexity index is 521. The maximum absolute atomic E-state index is 10.7. The second kappa shape index (κ2) is 3.06. The number of nitrogens with zero attached hydrogens (tertiary/aromatic N) is 2. The predicted molar refractivity (Wildman–Crippen MR) is 55.2 cm³/mol. The molecular formula is C8H6BrN3O2. The van der Waals surface area contributed by atoms with Crippen molar-refractivity contribution in [1.29, 1.82) is 0 Å². The first-order chi connectivity index (χ1) is 6.61. The van der Waals surface area contributed by atoms with Crippen LogP contribution in [0.2, 0.25) is 0 Å². The van der Waals surface area contributed by atoms with Gasteiger partial charge in [0, 0.05) is 17.0 Å². The van der Waals surface area contributed by atoms with Crippen LogP contribution in [0.5, 0.6) is 0 Å². The van der Waals surface area contributed by atoms with E-state index < -0.39 is 4.92 Å². The van der Waals surface area contributed by atoms with Crippen molar-refractivity contribution < 1.29 is 4.92 Å². The van der Waals surface area contributed by atoms with Crippen LogP contribution >= 0.6 is 15.9 Å². The van der Waals surface area contributed by atoms with Gasteiger partial charge in [0.2, 0.25) is 0 Å². The lowest BCUT2D eigenvalue weighted by molar-refractivity contribution is -0.385. The minimum atomic E-state index is -0.396. The molecular weight excluding hydrogens is 250 g/mol. The van der Waals surface area contributed by atoms with Gasteiger partial charge in [-0.25, -0.2) is 0 Å². The highest BCUT2D eigenvalue weighted by atomic mass is 79.9. The summed E-state index contributed by atoms with van der Waals surface area (Å²) in [4.78, 5) is 10.3. The molecule has 5 nitrogen and oxygen atoms in total. The summed E-state index contributed by atoms with van der Waals surface area (Å²) >= 11 is 3.30. The molecule has 0 spiro atoms. The number of H-pyrrole nitrogens is 1. The Morgan fingerprint density at radius 2 is 2.36 bits per heavy atom. The molecule has 0 saturated heterocycles. The highest BCUT2D eigenvalue weighted by Crippen LogP contribution is 2.32. The molecule has 72 valence electrons. The predicted octanol–water partition coefficient (Wildman–Crippen LogP) is 2.54. The molecule has 0 aliphatic heterocycles. The summed E-state index contributed by atoms with van der Waals surface area (Å²) in [5, 5.41) is 18.0. The van der Waals surface area contributed by atoms with Crippen LogP contribution in [0.15, 0.2) is 16.7 Å². The summed E-state index contributed by atoms with van der Waals surface area (Å²) in [5.74, 6) is 0. The molecule has 1 N–H and O–H groups in total. The van der Waals surface area contributed by atoms with Crippen molar-refractivity contribution in [2.45, 2.75) is 6.92 Å². The molecule has 0 saturated carbocycles. The van der Waals surface area contributed by atoms with Crippen LogP contribution < -0.4 is 0 Å². The van der Waals surface area contributed by atoms with E-state index >= 15 is 0 Å². The summed E-state index contributed by atoms with van der Waals surface area (Å²) in [6.07, 6.45) is 1.56. The van der Waals surface area contributed by atoms with Gasteiger partial charge in [0.25, 0.3) is 5.69 Å². The Kier molecular flexibility index (Phi) is 1.99. The number of fused-ring (bicyclic) bond motifs is 1. The molecule has 2 rings (SSSR count). The van der Waals surface area contributed by atoms with Gasteiger partial charge in [0.15, 0.2) is 0 Å². The molecule has 2 aromatic rings. The lowest BCUT2D eigenvalue weighted by Crippen LogP contribution is -1.92. The molecule has 0 bridgehead atoms. The summed E-state index contributed by atoms with van der Waals surface area (Å²) in [6, 6.07) is 1.51. The van der Waals surface area contributed by atoms with Crippen LogP contribution in [0.3, 0.4) is 0 Å². The second-order valence-electron chi connectivity index (χ2n) is 2.93. The molecule has 0 amide bonds. The topological polar surface area (TPSA) is 71.8 Å². The zero-order valence-electron chi connectivity index (χ0n) is 7.24. The maximum Gasteiger partial charge on any atom is 0.274 e. The summed E-state index contributed by atoms with van der Waals surface area (Å²) in [5.41, 5.74) is 1.49. The van der Waals surface area contributed by atoms with E-state index in [1.165, 1.54) is 6.07 Å². The number of benzene rings is 1. The zero-order valence-corrected chi connectivity index (χ0v) is 8.83. The van der Waals surface area contributed by atoms with Crippen molar-refractivity contribution in [3.8, 4) is 0 Å². The lowest BCUT2D eigenvalue weighted by atomic mass is 10.1. The summed E-state index contributed by atoms with van der Waals surface area (Å²) < 4.78 is 0.694. The van der Waals surface area contributed by atoms with Crippen LogP contribution in [-0.4, -0.2) is 15.1 Å². The van der Waals surface area contributed by atoms with Gasteiger partial charge in [-0.2, -0.15) is 5.10 Å². The van der Waals surface area contributed by atoms with E-state index in [0.29, 0.717) is 10.0 Å². The third-order valence-corrected chi connectivity index (χ3v) is 3.08. The Balaban J connectivity index is 2.87. The standard InChI is InChI=1S/C8H6BrN3O2/c1-4-6(12(13)14)2-5-3-10-11-8(5)7(4)9/h2-3H,1H3,(H,10,11).